The van der Waals surface area contributed by atoms with Crippen molar-refractivity contribution in [2.24, 2.45) is 5.92 Å². The van der Waals surface area contributed by atoms with E-state index in [1.807, 2.05) is 6.92 Å². The van der Waals surface area contributed by atoms with Gasteiger partial charge in [0.25, 0.3) is 0 Å². The zero-order chi connectivity index (χ0) is 20.3. The number of hydrogen-bond acceptors (Lipinski definition) is 2. The molecule has 2 aromatic carbocycles. The van der Waals surface area contributed by atoms with E-state index < -0.39 is 0 Å². The van der Waals surface area contributed by atoms with Gasteiger partial charge in [-0.05, 0) is 62.2 Å². The summed E-state index contributed by atoms with van der Waals surface area (Å²) < 4.78 is 0. The number of aryl methyl sites for hydroxylation is 1. The second-order valence-corrected chi connectivity index (χ2v) is 8.23. The number of benzene rings is 2. The van der Waals surface area contributed by atoms with Crippen LogP contribution in [-0.2, 0) is 17.6 Å². The highest BCUT2D eigenvalue weighted by Gasteiger charge is 2.30. The Labute approximate surface area is 176 Å². The highest BCUT2D eigenvalue weighted by Crippen LogP contribution is 2.25. The second-order valence-electron chi connectivity index (χ2n) is 8.23. The molecule has 0 radical (unpaired) electrons. The van der Waals surface area contributed by atoms with Crippen LogP contribution in [0.1, 0.15) is 50.2 Å². The molecule has 3 rings (SSSR count). The summed E-state index contributed by atoms with van der Waals surface area (Å²) in [5, 5.41) is 3.62. The van der Waals surface area contributed by atoms with E-state index >= 15 is 0 Å². The van der Waals surface area contributed by atoms with E-state index in [-0.39, 0.29) is 0 Å². The molecule has 3 heteroatoms. The summed E-state index contributed by atoms with van der Waals surface area (Å²) in [6, 6.07) is 21.6. The molecule has 0 saturated carbocycles. The zero-order valence-electron chi connectivity index (χ0n) is 17.9. The first-order valence-corrected chi connectivity index (χ1v) is 11.4. The maximum Gasteiger partial charge on any atom is 0.222 e. The van der Waals surface area contributed by atoms with Gasteiger partial charge in [0.05, 0.1) is 0 Å². The molecular formula is C26H36N2O. The summed E-state index contributed by atoms with van der Waals surface area (Å²) in [6.07, 6.45) is 7.29. The van der Waals surface area contributed by atoms with E-state index in [0.717, 1.165) is 38.9 Å². The Bertz CT molecular complexity index is 708. The van der Waals surface area contributed by atoms with Crippen molar-refractivity contribution < 1.29 is 4.79 Å². The van der Waals surface area contributed by atoms with Crippen LogP contribution in [-0.4, -0.2) is 36.5 Å². The summed E-state index contributed by atoms with van der Waals surface area (Å²) in [5.74, 6) is 0.829. The lowest BCUT2D eigenvalue weighted by molar-refractivity contribution is -0.134. The van der Waals surface area contributed by atoms with Gasteiger partial charge in [-0.1, -0.05) is 74.0 Å². The number of nitrogens with zero attached hydrogens (tertiary/aromatic N) is 1. The summed E-state index contributed by atoms with van der Waals surface area (Å²) in [4.78, 5) is 15.2. The van der Waals surface area contributed by atoms with E-state index in [1.165, 1.54) is 30.4 Å². The van der Waals surface area contributed by atoms with Crippen LogP contribution in [0.2, 0.25) is 0 Å². The Morgan fingerprint density at radius 2 is 1.66 bits per heavy atom. The highest BCUT2D eigenvalue weighted by atomic mass is 16.2. The summed E-state index contributed by atoms with van der Waals surface area (Å²) in [5.41, 5.74) is 2.67. The summed E-state index contributed by atoms with van der Waals surface area (Å²) in [6.45, 7) is 4.94. The smallest absolute Gasteiger partial charge is 0.222 e. The molecule has 3 nitrogen and oxygen atoms in total. The number of hydrogen-bond donors (Lipinski definition) is 1. The average Bonchev–Trinajstić information content (AvgIpc) is 3.06. The summed E-state index contributed by atoms with van der Waals surface area (Å²) >= 11 is 0. The van der Waals surface area contributed by atoms with Crippen LogP contribution in [0.4, 0.5) is 0 Å². The second kappa shape index (κ2) is 11.8. The molecule has 1 heterocycles. The fourth-order valence-electron chi connectivity index (χ4n) is 4.55. The van der Waals surface area contributed by atoms with E-state index in [0.29, 0.717) is 24.3 Å². The van der Waals surface area contributed by atoms with Crippen molar-refractivity contribution in [2.75, 3.05) is 19.6 Å². The molecule has 156 valence electrons. The topological polar surface area (TPSA) is 32.3 Å². The maximum atomic E-state index is 13.0. The van der Waals surface area contributed by atoms with Crippen LogP contribution in [0, 0.1) is 5.92 Å². The third-order valence-corrected chi connectivity index (χ3v) is 6.21. The minimum atomic E-state index is 0.295. The Morgan fingerprint density at radius 3 is 2.31 bits per heavy atom. The van der Waals surface area contributed by atoms with Gasteiger partial charge in [-0.15, -0.1) is 0 Å². The number of rotatable bonds is 9. The van der Waals surface area contributed by atoms with Crippen LogP contribution >= 0.6 is 0 Å². The molecule has 1 unspecified atom stereocenters. The molecule has 1 aliphatic heterocycles. The van der Waals surface area contributed by atoms with Crippen LogP contribution in [0.15, 0.2) is 60.7 Å². The van der Waals surface area contributed by atoms with Gasteiger partial charge in [-0.25, -0.2) is 0 Å². The standard InChI is InChI=1S/C26H36N2O/c1-2-26(29)28(20-18-23-13-7-4-8-14-23)25(24-15-9-10-19-27-21-24)17-16-22-11-5-3-6-12-22/h3-8,11-14,24-25,27H,2,9-10,15-21H2,1H3/t24?,25-/m0/s1. The Balaban J connectivity index is 1.76. The monoisotopic (exact) mass is 392 g/mol. The molecule has 0 spiro atoms. The maximum absolute atomic E-state index is 13.0. The van der Waals surface area contributed by atoms with Gasteiger partial charge >= 0.3 is 0 Å². The van der Waals surface area contributed by atoms with Crippen LogP contribution in [0.3, 0.4) is 0 Å². The minimum absolute atomic E-state index is 0.295. The van der Waals surface area contributed by atoms with Gasteiger partial charge in [0, 0.05) is 19.0 Å². The molecular weight excluding hydrogens is 356 g/mol. The van der Waals surface area contributed by atoms with Crippen molar-refractivity contribution in [3.05, 3.63) is 71.8 Å². The predicted molar refractivity (Wildman–Crippen MR) is 121 cm³/mol. The highest BCUT2D eigenvalue weighted by molar-refractivity contribution is 5.76. The lowest BCUT2D eigenvalue weighted by Crippen LogP contribution is -2.48. The normalized spacial score (nSPS) is 18.0. The lowest BCUT2D eigenvalue weighted by Gasteiger charge is -2.37. The minimum Gasteiger partial charge on any atom is -0.339 e. The Kier molecular flexibility index (Phi) is 8.76. The van der Waals surface area contributed by atoms with Crippen LogP contribution in [0.5, 0.6) is 0 Å². The molecule has 1 saturated heterocycles. The number of carbonyl (C=O) groups excluding carboxylic acids is 1. The first kappa shape index (κ1) is 21.6. The molecule has 1 aliphatic rings. The first-order valence-electron chi connectivity index (χ1n) is 11.4. The number of carbonyl (C=O) groups is 1. The molecule has 29 heavy (non-hydrogen) atoms. The molecule has 0 bridgehead atoms. The van der Waals surface area contributed by atoms with Crippen molar-refractivity contribution in [1.82, 2.24) is 10.2 Å². The summed E-state index contributed by atoms with van der Waals surface area (Å²) in [7, 11) is 0. The molecule has 1 amide bonds. The Morgan fingerprint density at radius 1 is 1.00 bits per heavy atom. The fourth-order valence-corrected chi connectivity index (χ4v) is 4.55. The predicted octanol–water partition coefficient (Wildman–Crippen LogP) is 4.86. The third-order valence-electron chi connectivity index (χ3n) is 6.21. The van der Waals surface area contributed by atoms with E-state index in [9.17, 15) is 4.79 Å². The van der Waals surface area contributed by atoms with E-state index in [4.69, 9.17) is 0 Å². The third kappa shape index (κ3) is 6.71. The zero-order valence-corrected chi connectivity index (χ0v) is 17.9. The SMILES string of the molecule is CCC(=O)N(CCc1ccccc1)[C@@H](CCc1ccccc1)C1CCCCNC1. The lowest BCUT2D eigenvalue weighted by atomic mass is 9.88. The van der Waals surface area contributed by atoms with E-state index in [1.54, 1.807) is 0 Å². The van der Waals surface area contributed by atoms with Crippen LogP contribution in [0.25, 0.3) is 0 Å². The first-order chi connectivity index (χ1) is 14.3. The van der Waals surface area contributed by atoms with Crippen molar-refractivity contribution in [1.29, 1.82) is 0 Å². The van der Waals surface area contributed by atoms with Gasteiger partial charge < -0.3 is 10.2 Å². The van der Waals surface area contributed by atoms with Crippen LogP contribution < -0.4 is 5.32 Å². The Hall–Kier alpha value is -2.13. The van der Waals surface area contributed by atoms with Gasteiger partial charge in [0.2, 0.25) is 5.91 Å². The molecule has 1 N–H and O–H groups in total. The van der Waals surface area contributed by atoms with E-state index in [2.05, 4.69) is 70.9 Å². The average molecular weight is 393 g/mol. The largest absolute Gasteiger partial charge is 0.339 e. The van der Waals surface area contributed by atoms with Gasteiger partial charge in [0.15, 0.2) is 0 Å². The van der Waals surface area contributed by atoms with Crippen molar-refractivity contribution in [3.8, 4) is 0 Å². The molecule has 2 atom stereocenters. The van der Waals surface area contributed by atoms with Crippen molar-refractivity contribution in [2.45, 2.75) is 57.9 Å². The van der Waals surface area contributed by atoms with Crippen molar-refractivity contribution in [3.63, 3.8) is 0 Å². The number of amides is 1. The van der Waals surface area contributed by atoms with Gasteiger partial charge in [-0.2, -0.15) is 0 Å². The quantitative estimate of drug-likeness (QED) is 0.661. The van der Waals surface area contributed by atoms with Gasteiger partial charge in [0.1, 0.15) is 0 Å². The molecule has 0 aromatic heterocycles. The molecule has 1 fully saturated rings. The van der Waals surface area contributed by atoms with Gasteiger partial charge in [-0.3, -0.25) is 4.79 Å². The number of nitrogens with one attached hydrogen (secondary N) is 1. The molecule has 0 aliphatic carbocycles. The molecule has 2 aromatic rings. The van der Waals surface area contributed by atoms with Crippen molar-refractivity contribution >= 4 is 5.91 Å². The fraction of sp³-hybridized carbons (Fsp3) is 0.500.